The number of nitrogens with zero attached hydrogens (tertiary/aromatic N) is 3. The fraction of sp³-hybridized carbons (Fsp3) is 0.0909. The zero-order valence-electron chi connectivity index (χ0n) is 8.21. The molecule has 15 heavy (non-hydrogen) atoms. The molecule has 3 nitrogen and oxygen atoms in total. The third kappa shape index (κ3) is 1.52. The summed E-state index contributed by atoms with van der Waals surface area (Å²) in [4.78, 5) is 4.59. The molecule has 0 aliphatic rings. The van der Waals surface area contributed by atoms with Gasteiger partial charge >= 0.3 is 92.9 Å². The van der Waals surface area contributed by atoms with E-state index in [0.29, 0.717) is 14.5 Å². The van der Waals surface area contributed by atoms with E-state index in [1.54, 1.807) is 0 Å². The first-order valence-corrected chi connectivity index (χ1v) is 6.42. The molecule has 0 aliphatic carbocycles. The Balaban J connectivity index is 2.16. The Morgan fingerprint density at radius 3 is 2.73 bits per heavy atom. The van der Waals surface area contributed by atoms with Crippen LogP contribution in [0.3, 0.4) is 0 Å². The molecule has 0 saturated carbocycles. The second kappa shape index (κ2) is 3.33. The molecule has 3 rings (SSSR count). The van der Waals surface area contributed by atoms with Crippen LogP contribution in [-0.4, -0.2) is 29.1 Å². The van der Waals surface area contributed by atoms with Crippen molar-refractivity contribution in [2.75, 3.05) is 0 Å². The van der Waals surface area contributed by atoms with Crippen molar-refractivity contribution in [1.29, 1.82) is 0 Å². The van der Waals surface area contributed by atoms with Gasteiger partial charge in [-0.25, -0.2) is 0 Å². The van der Waals surface area contributed by atoms with E-state index in [1.807, 2.05) is 28.9 Å². The van der Waals surface area contributed by atoms with E-state index in [4.69, 9.17) is 0 Å². The van der Waals surface area contributed by atoms with Crippen molar-refractivity contribution < 1.29 is 0 Å². The van der Waals surface area contributed by atoms with Gasteiger partial charge in [-0.15, -0.1) is 0 Å². The van der Waals surface area contributed by atoms with Crippen LogP contribution in [0.15, 0.2) is 36.5 Å². The average Bonchev–Trinajstić information content (AvgIpc) is 2.76. The molecule has 0 amide bonds. The number of fused-ring (bicyclic) bond motifs is 1. The van der Waals surface area contributed by atoms with E-state index in [1.165, 1.54) is 4.57 Å². The topological polar surface area (TPSA) is 30.2 Å². The molecule has 0 saturated heterocycles. The van der Waals surface area contributed by atoms with Crippen LogP contribution >= 0.6 is 0 Å². The van der Waals surface area contributed by atoms with Crippen LogP contribution in [-0.2, 0) is 0 Å². The number of benzene rings is 1. The van der Waals surface area contributed by atoms with Gasteiger partial charge in [0.15, 0.2) is 0 Å². The Hall–Kier alpha value is -1.38. The van der Waals surface area contributed by atoms with E-state index in [2.05, 4.69) is 29.1 Å². The third-order valence-electron chi connectivity index (χ3n) is 2.21. The molecule has 0 fully saturated rings. The normalized spacial score (nSPS) is 11.0. The number of rotatable bonds is 1. The molecule has 74 valence electrons. The van der Waals surface area contributed by atoms with Crippen molar-refractivity contribution in [2.45, 2.75) is 6.92 Å². The second-order valence-corrected chi connectivity index (χ2v) is 5.77. The van der Waals surface area contributed by atoms with Gasteiger partial charge in [0.25, 0.3) is 0 Å². The Morgan fingerprint density at radius 1 is 1.20 bits per heavy atom. The first kappa shape index (κ1) is 8.89. The van der Waals surface area contributed by atoms with Crippen molar-refractivity contribution in [2.24, 2.45) is 0 Å². The Morgan fingerprint density at radius 2 is 2.00 bits per heavy atom. The molecule has 4 heteroatoms. The van der Waals surface area contributed by atoms with E-state index < -0.39 is 0 Å². The fourth-order valence-corrected chi connectivity index (χ4v) is 3.07. The zero-order chi connectivity index (χ0) is 10.3. The quantitative estimate of drug-likeness (QED) is 0.625. The maximum atomic E-state index is 4.59. The van der Waals surface area contributed by atoms with Crippen molar-refractivity contribution >= 4 is 19.0 Å². The van der Waals surface area contributed by atoms with Crippen LogP contribution in [0.1, 0.15) is 4.57 Å². The molecular formula is C11H9N3Se. The summed E-state index contributed by atoms with van der Waals surface area (Å²) in [6, 6.07) is 10.2. The third-order valence-corrected chi connectivity index (χ3v) is 3.97. The van der Waals surface area contributed by atoms with Gasteiger partial charge in [0.1, 0.15) is 0 Å². The molecule has 0 bridgehead atoms. The van der Waals surface area contributed by atoms with Crippen LogP contribution in [0.4, 0.5) is 0 Å². The number of aryl methyl sites for hydroxylation is 1. The predicted molar refractivity (Wildman–Crippen MR) is 60.1 cm³/mol. The van der Waals surface area contributed by atoms with Gasteiger partial charge in [-0.3, -0.25) is 0 Å². The summed E-state index contributed by atoms with van der Waals surface area (Å²) in [6.45, 7) is 2.05. The average molecular weight is 262 g/mol. The molecule has 0 aliphatic heterocycles. The minimum atomic E-state index is 0.313. The monoisotopic (exact) mass is 263 g/mol. The summed E-state index contributed by atoms with van der Waals surface area (Å²) in [5.41, 5.74) is 2.17. The summed E-state index contributed by atoms with van der Waals surface area (Å²) in [5.74, 6) is 0. The van der Waals surface area contributed by atoms with Crippen LogP contribution in [0.2, 0.25) is 0 Å². The van der Waals surface area contributed by atoms with Gasteiger partial charge in [0.05, 0.1) is 0 Å². The van der Waals surface area contributed by atoms with Gasteiger partial charge in [-0.05, 0) is 0 Å². The standard InChI is InChI=1S/C11H9N3Se/c1-8-13-14-7-10(12-11(14)15-8)9-5-3-2-4-6-9/h2-7H,1H3. The van der Waals surface area contributed by atoms with Crippen molar-refractivity contribution in [1.82, 2.24) is 14.6 Å². The van der Waals surface area contributed by atoms with E-state index in [9.17, 15) is 0 Å². The van der Waals surface area contributed by atoms with Gasteiger partial charge < -0.3 is 0 Å². The number of aromatic nitrogens is 3. The molecule has 1 aromatic carbocycles. The van der Waals surface area contributed by atoms with Gasteiger partial charge in [0.2, 0.25) is 0 Å². The van der Waals surface area contributed by atoms with Gasteiger partial charge in [0, 0.05) is 0 Å². The van der Waals surface area contributed by atoms with E-state index in [0.717, 1.165) is 15.8 Å². The fourth-order valence-electron chi connectivity index (χ4n) is 1.55. The summed E-state index contributed by atoms with van der Waals surface area (Å²) in [6.07, 6.45) is 2.00. The predicted octanol–water partition coefficient (Wildman–Crippen LogP) is 1.76. The van der Waals surface area contributed by atoms with Crippen LogP contribution in [0.5, 0.6) is 0 Å². The number of hydrogen-bond acceptors (Lipinski definition) is 2. The maximum absolute atomic E-state index is 4.59. The summed E-state index contributed by atoms with van der Waals surface area (Å²) >= 11 is 0.313. The van der Waals surface area contributed by atoms with E-state index in [-0.39, 0.29) is 0 Å². The summed E-state index contributed by atoms with van der Waals surface area (Å²) < 4.78 is 4.18. The number of imidazole rings is 1. The molecular weight excluding hydrogens is 253 g/mol. The van der Waals surface area contributed by atoms with Crippen molar-refractivity contribution in [3.05, 3.63) is 41.1 Å². The molecule has 0 unspecified atom stereocenters. The van der Waals surface area contributed by atoms with Crippen molar-refractivity contribution in [3.63, 3.8) is 0 Å². The first-order valence-electron chi connectivity index (χ1n) is 4.71. The Bertz CT molecular complexity index is 563. The molecule has 0 atom stereocenters. The SMILES string of the molecule is Cc1nn2cc(-c3ccccc3)nc2[se]1. The van der Waals surface area contributed by atoms with Crippen LogP contribution < -0.4 is 0 Å². The summed E-state index contributed by atoms with van der Waals surface area (Å²) in [7, 11) is 0. The van der Waals surface area contributed by atoms with Crippen molar-refractivity contribution in [3.8, 4) is 11.3 Å². The summed E-state index contributed by atoms with van der Waals surface area (Å²) in [5, 5.41) is 4.40. The molecule has 2 heterocycles. The minimum absolute atomic E-state index is 0.313. The Kier molecular flexibility index (Phi) is 1.97. The van der Waals surface area contributed by atoms with Gasteiger partial charge in [-0.1, -0.05) is 0 Å². The van der Waals surface area contributed by atoms with E-state index >= 15 is 0 Å². The van der Waals surface area contributed by atoms with Crippen LogP contribution in [0, 0.1) is 6.92 Å². The Labute approximate surface area is 93.1 Å². The van der Waals surface area contributed by atoms with Gasteiger partial charge in [-0.2, -0.15) is 0 Å². The first-order chi connectivity index (χ1) is 7.33. The zero-order valence-corrected chi connectivity index (χ0v) is 9.93. The molecule has 0 N–H and O–H groups in total. The molecule has 0 radical (unpaired) electrons. The van der Waals surface area contributed by atoms with Crippen LogP contribution in [0.25, 0.3) is 15.8 Å². The molecule has 3 aromatic rings. The molecule has 2 aromatic heterocycles. The molecule has 0 spiro atoms. The number of hydrogen-bond donors (Lipinski definition) is 0. The second-order valence-electron chi connectivity index (χ2n) is 3.34.